The molecule has 2 rings (SSSR count). The molecule has 110 valence electrons. The Kier molecular flexibility index (Phi) is 3.86. The van der Waals surface area contributed by atoms with Crippen LogP contribution in [0.15, 0.2) is 22.7 Å². The van der Waals surface area contributed by atoms with E-state index in [1.807, 2.05) is 27.7 Å². The molecule has 1 aromatic rings. The van der Waals surface area contributed by atoms with Crippen LogP contribution in [0.4, 0.5) is 5.69 Å². The third kappa shape index (κ3) is 3.33. The fraction of sp³-hybridized carbons (Fsp3) is 0.533. The summed E-state index contributed by atoms with van der Waals surface area (Å²) in [6.45, 7) is 7.88. The quantitative estimate of drug-likeness (QED) is 0.660. The van der Waals surface area contributed by atoms with E-state index in [1.165, 1.54) is 0 Å². The lowest BCUT2D eigenvalue weighted by atomic mass is 9.97. The predicted molar refractivity (Wildman–Crippen MR) is 81.6 cm³/mol. The number of carbonyl (C=O) groups is 1. The number of ether oxygens (including phenoxy) is 2. The molecule has 5 heteroatoms. The number of carbonyl (C=O) groups excluding carboxylic acids is 1. The molecule has 1 unspecified atom stereocenters. The summed E-state index contributed by atoms with van der Waals surface area (Å²) in [7, 11) is 0. The summed E-state index contributed by atoms with van der Waals surface area (Å²) >= 11 is 3.32. The second kappa shape index (κ2) is 5.04. The van der Waals surface area contributed by atoms with E-state index in [-0.39, 0.29) is 17.7 Å². The number of anilines is 1. The molecule has 1 aromatic carbocycles. The number of halogens is 1. The first-order valence-electron chi connectivity index (χ1n) is 6.56. The van der Waals surface area contributed by atoms with Crippen molar-refractivity contribution in [2.45, 2.75) is 51.4 Å². The van der Waals surface area contributed by atoms with Gasteiger partial charge >= 0.3 is 5.97 Å². The minimum Gasteiger partial charge on any atom is -0.456 e. The molecule has 1 saturated heterocycles. The number of hydrogen-bond acceptors (Lipinski definition) is 4. The van der Waals surface area contributed by atoms with Crippen molar-refractivity contribution in [1.29, 1.82) is 0 Å². The minimum absolute atomic E-state index is 0.273. The molecule has 1 heterocycles. The second-order valence-corrected chi connectivity index (χ2v) is 7.25. The summed E-state index contributed by atoms with van der Waals surface area (Å²) in [5.74, 6) is -0.377. The molecule has 0 saturated carbocycles. The van der Waals surface area contributed by atoms with Crippen LogP contribution in [-0.4, -0.2) is 23.3 Å². The zero-order chi connectivity index (χ0) is 15.1. The first-order chi connectivity index (χ1) is 9.09. The van der Waals surface area contributed by atoms with Crippen molar-refractivity contribution in [3.05, 3.63) is 28.2 Å². The molecule has 2 N–H and O–H groups in total. The average molecular weight is 342 g/mol. The van der Waals surface area contributed by atoms with Gasteiger partial charge in [-0.2, -0.15) is 0 Å². The SMILES string of the molecule is CC1(C)CC(OC(=O)c2cc(N)cc(Br)c2)C(C)(C)O1. The topological polar surface area (TPSA) is 61.5 Å². The van der Waals surface area contributed by atoms with Gasteiger partial charge in [-0.1, -0.05) is 15.9 Å². The molecule has 1 fully saturated rings. The molecule has 0 aliphatic carbocycles. The summed E-state index contributed by atoms with van der Waals surface area (Å²) in [5, 5.41) is 0. The minimum atomic E-state index is -0.489. The van der Waals surface area contributed by atoms with E-state index in [0.717, 1.165) is 4.47 Å². The Morgan fingerprint density at radius 2 is 2.00 bits per heavy atom. The highest BCUT2D eigenvalue weighted by Crippen LogP contribution is 2.39. The molecule has 1 aliphatic rings. The van der Waals surface area contributed by atoms with Crippen LogP contribution >= 0.6 is 15.9 Å². The zero-order valence-electron chi connectivity index (χ0n) is 12.2. The Labute approximate surface area is 127 Å². The van der Waals surface area contributed by atoms with Crippen LogP contribution in [0.2, 0.25) is 0 Å². The Morgan fingerprint density at radius 3 is 2.50 bits per heavy atom. The van der Waals surface area contributed by atoms with Gasteiger partial charge in [-0.05, 0) is 45.9 Å². The highest BCUT2D eigenvalue weighted by Gasteiger charge is 2.48. The molecule has 0 bridgehead atoms. The van der Waals surface area contributed by atoms with Gasteiger partial charge in [-0.15, -0.1) is 0 Å². The van der Waals surface area contributed by atoms with E-state index in [1.54, 1.807) is 18.2 Å². The summed E-state index contributed by atoms with van der Waals surface area (Å²) in [6.07, 6.45) is 0.403. The van der Waals surface area contributed by atoms with Crippen molar-refractivity contribution in [2.24, 2.45) is 0 Å². The van der Waals surface area contributed by atoms with E-state index in [4.69, 9.17) is 15.2 Å². The van der Waals surface area contributed by atoms with Crippen molar-refractivity contribution >= 4 is 27.6 Å². The lowest BCUT2D eigenvalue weighted by Gasteiger charge is -2.26. The maximum Gasteiger partial charge on any atom is 0.338 e. The van der Waals surface area contributed by atoms with Crippen LogP contribution in [-0.2, 0) is 9.47 Å². The molecule has 1 atom stereocenters. The van der Waals surface area contributed by atoms with Crippen molar-refractivity contribution in [2.75, 3.05) is 5.73 Å². The second-order valence-electron chi connectivity index (χ2n) is 6.34. The molecule has 20 heavy (non-hydrogen) atoms. The van der Waals surface area contributed by atoms with Gasteiger partial charge in [-0.25, -0.2) is 4.79 Å². The van der Waals surface area contributed by atoms with Gasteiger partial charge < -0.3 is 15.2 Å². The van der Waals surface area contributed by atoms with Crippen molar-refractivity contribution in [3.63, 3.8) is 0 Å². The Morgan fingerprint density at radius 1 is 1.35 bits per heavy atom. The van der Waals surface area contributed by atoms with Crippen molar-refractivity contribution in [3.8, 4) is 0 Å². The summed E-state index contributed by atoms with van der Waals surface area (Å²) in [4.78, 5) is 12.2. The van der Waals surface area contributed by atoms with Gasteiger partial charge in [-0.3, -0.25) is 0 Å². The van der Waals surface area contributed by atoms with E-state index < -0.39 is 5.60 Å². The average Bonchev–Trinajstić information content (AvgIpc) is 2.44. The van der Waals surface area contributed by atoms with Gasteiger partial charge in [0.05, 0.1) is 11.2 Å². The number of benzene rings is 1. The number of rotatable bonds is 2. The third-order valence-corrected chi connectivity index (χ3v) is 3.85. The third-order valence-electron chi connectivity index (χ3n) is 3.40. The first-order valence-corrected chi connectivity index (χ1v) is 7.36. The van der Waals surface area contributed by atoms with Crippen LogP contribution < -0.4 is 5.73 Å². The molecule has 0 aromatic heterocycles. The van der Waals surface area contributed by atoms with Crippen LogP contribution in [0.5, 0.6) is 0 Å². The smallest absolute Gasteiger partial charge is 0.338 e. The molecule has 0 amide bonds. The maximum atomic E-state index is 12.2. The van der Waals surface area contributed by atoms with Gasteiger partial charge in [0, 0.05) is 16.6 Å². The van der Waals surface area contributed by atoms with Crippen LogP contribution in [0.1, 0.15) is 44.5 Å². The summed E-state index contributed by atoms with van der Waals surface area (Å²) in [6, 6.07) is 5.05. The van der Waals surface area contributed by atoms with Gasteiger partial charge in [0.2, 0.25) is 0 Å². The number of hydrogen-bond donors (Lipinski definition) is 1. The standard InChI is InChI=1S/C15H20BrNO3/c1-14(2)8-12(15(3,4)20-14)19-13(18)9-5-10(16)7-11(17)6-9/h5-7,12H,8,17H2,1-4H3. The monoisotopic (exact) mass is 341 g/mol. The lowest BCUT2D eigenvalue weighted by Crippen LogP contribution is -2.36. The van der Waals surface area contributed by atoms with Crippen LogP contribution in [0.3, 0.4) is 0 Å². The van der Waals surface area contributed by atoms with Crippen LogP contribution in [0, 0.1) is 0 Å². The maximum absolute atomic E-state index is 12.2. The molecule has 4 nitrogen and oxygen atoms in total. The molecular weight excluding hydrogens is 322 g/mol. The zero-order valence-corrected chi connectivity index (χ0v) is 13.8. The lowest BCUT2D eigenvalue weighted by molar-refractivity contribution is -0.0924. The van der Waals surface area contributed by atoms with Gasteiger partial charge in [0.25, 0.3) is 0 Å². The number of nitrogens with two attached hydrogens (primary N) is 1. The predicted octanol–water partition coefficient (Wildman–Crippen LogP) is 3.53. The van der Waals surface area contributed by atoms with Gasteiger partial charge in [0.1, 0.15) is 11.7 Å². The summed E-state index contributed by atoms with van der Waals surface area (Å²) < 4.78 is 12.3. The Bertz CT molecular complexity index is 520. The Balaban J connectivity index is 2.16. The van der Waals surface area contributed by atoms with Crippen LogP contribution in [0.25, 0.3) is 0 Å². The highest BCUT2D eigenvalue weighted by molar-refractivity contribution is 9.10. The number of esters is 1. The molecular formula is C15H20BrNO3. The largest absolute Gasteiger partial charge is 0.456 e. The van der Waals surface area contributed by atoms with E-state index in [9.17, 15) is 4.79 Å². The first kappa shape index (κ1) is 15.3. The fourth-order valence-electron chi connectivity index (χ4n) is 2.62. The fourth-order valence-corrected chi connectivity index (χ4v) is 3.13. The van der Waals surface area contributed by atoms with E-state index >= 15 is 0 Å². The normalized spacial score (nSPS) is 23.6. The van der Waals surface area contributed by atoms with Crippen molar-refractivity contribution in [1.82, 2.24) is 0 Å². The van der Waals surface area contributed by atoms with E-state index in [2.05, 4.69) is 15.9 Å². The number of nitrogen functional groups attached to an aromatic ring is 1. The molecule has 0 spiro atoms. The van der Waals surface area contributed by atoms with E-state index in [0.29, 0.717) is 17.7 Å². The summed E-state index contributed by atoms with van der Waals surface area (Å²) in [5.41, 5.74) is 5.93. The van der Waals surface area contributed by atoms with Crippen molar-refractivity contribution < 1.29 is 14.3 Å². The van der Waals surface area contributed by atoms with Gasteiger partial charge in [0.15, 0.2) is 0 Å². The molecule has 0 radical (unpaired) electrons. The molecule has 1 aliphatic heterocycles. The highest BCUT2D eigenvalue weighted by atomic mass is 79.9. The Hall–Kier alpha value is -1.07.